The summed E-state index contributed by atoms with van der Waals surface area (Å²) in [6, 6.07) is 36.2. The number of nitrogens with zero attached hydrogens (tertiary/aromatic N) is 1. The first kappa shape index (κ1) is 28.9. The molecule has 48 heavy (non-hydrogen) atoms. The van der Waals surface area contributed by atoms with E-state index in [0.29, 0.717) is 0 Å². The zero-order valence-corrected chi connectivity index (χ0v) is 27.5. The van der Waals surface area contributed by atoms with Gasteiger partial charge in [-0.1, -0.05) is 128 Å². The maximum absolute atomic E-state index is 5.25. The molecule has 0 aliphatic heterocycles. The van der Waals surface area contributed by atoms with Crippen molar-refractivity contribution in [2.24, 2.45) is 11.8 Å². The molecule has 0 amide bonds. The van der Waals surface area contributed by atoms with Crippen molar-refractivity contribution < 1.29 is 0 Å². The van der Waals surface area contributed by atoms with Gasteiger partial charge in [0.25, 0.3) is 0 Å². The van der Waals surface area contributed by atoms with E-state index >= 15 is 0 Å². The Kier molecular flexibility index (Phi) is 7.27. The van der Waals surface area contributed by atoms with Crippen LogP contribution in [0.2, 0.25) is 0 Å². The summed E-state index contributed by atoms with van der Waals surface area (Å²) >= 11 is 0. The van der Waals surface area contributed by atoms with Crippen LogP contribution in [0.3, 0.4) is 0 Å². The Balaban J connectivity index is 1.20. The van der Waals surface area contributed by atoms with E-state index in [1.165, 1.54) is 71.3 Å². The van der Waals surface area contributed by atoms with Crippen LogP contribution in [0.5, 0.6) is 0 Å². The third-order valence-corrected chi connectivity index (χ3v) is 10.8. The Morgan fingerprint density at radius 2 is 1.46 bits per heavy atom. The average molecular weight is 618 g/mol. The van der Waals surface area contributed by atoms with Gasteiger partial charge in [0, 0.05) is 17.4 Å². The van der Waals surface area contributed by atoms with Crippen molar-refractivity contribution in [3.63, 3.8) is 0 Å². The number of hydrogen-bond acceptors (Lipinski definition) is 1. The quantitative estimate of drug-likeness (QED) is 0.191. The SMILES string of the molecule is CCc1ccc(C2=c3ccccc3=C(C3=CC(c4cccc(-c5ccc6c(c5)CCC=C6)n4)=CCC3)C3C=CC=CC23)c2ccccc12. The summed E-state index contributed by atoms with van der Waals surface area (Å²) in [4.78, 5) is 5.25. The van der Waals surface area contributed by atoms with Gasteiger partial charge >= 0.3 is 0 Å². The lowest BCUT2D eigenvalue weighted by atomic mass is 9.68. The molecule has 9 rings (SSSR count). The van der Waals surface area contributed by atoms with E-state index in [2.05, 4.69) is 153 Å². The molecule has 1 heterocycles. The lowest BCUT2D eigenvalue weighted by Crippen LogP contribution is -2.40. The van der Waals surface area contributed by atoms with Crippen LogP contribution < -0.4 is 10.4 Å². The van der Waals surface area contributed by atoms with Gasteiger partial charge in [0.05, 0.1) is 11.4 Å². The number of benzene rings is 4. The Bertz CT molecular complexity index is 2390. The molecule has 232 valence electrons. The minimum atomic E-state index is 0.270. The summed E-state index contributed by atoms with van der Waals surface area (Å²) in [6.45, 7) is 2.26. The molecule has 0 saturated heterocycles. The lowest BCUT2D eigenvalue weighted by Gasteiger charge is -2.35. The van der Waals surface area contributed by atoms with Gasteiger partial charge in [-0.3, -0.25) is 0 Å². The van der Waals surface area contributed by atoms with Crippen molar-refractivity contribution in [2.75, 3.05) is 0 Å². The third-order valence-electron chi connectivity index (χ3n) is 10.8. The van der Waals surface area contributed by atoms with Crippen LogP contribution in [-0.2, 0) is 12.8 Å². The highest BCUT2D eigenvalue weighted by Crippen LogP contribution is 2.44. The van der Waals surface area contributed by atoms with Crippen LogP contribution in [0.4, 0.5) is 0 Å². The first-order valence-corrected chi connectivity index (χ1v) is 17.6. The zero-order chi connectivity index (χ0) is 32.0. The Hall–Kier alpha value is -5.27. The molecule has 4 aliphatic rings. The molecule has 0 N–H and O–H groups in total. The first-order chi connectivity index (χ1) is 23.8. The highest BCUT2D eigenvalue weighted by molar-refractivity contribution is 5.98. The molecular formula is C47H39N. The van der Waals surface area contributed by atoms with Crippen LogP contribution in [-0.4, -0.2) is 4.98 Å². The minimum absolute atomic E-state index is 0.270. The van der Waals surface area contributed by atoms with Crippen molar-refractivity contribution in [3.05, 3.63) is 184 Å². The van der Waals surface area contributed by atoms with Gasteiger partial charge in [-0.25, -0.2) is 4.98 Å². The van der Waals surface area contributed by atoms with Crippen LogP contribution >= 0.6 is 0 Å². The van der Waals surface area contributed by atoms with E-state index in [9.17, 15) is 0 Å². The molecule has 0 saturated carbocycles. The fourth-order valence-electron chi connectivity index (χ4n) is 8.53. The predicted octanol–water partition coefficient (Wildman–Crippen LogP) is 9.95. The Morgan fingerprint density at radius 3 is 2.31 bits per heavy atom. The van der Waals surface area contributed by atoms with E-state index in [1.54, 1.807) is 0 Å². The van der Waals surface area contributed by atoms with Gasteiger partial charge in [-0.05, 0) is 122 Å². The maximum Gasteiger partial charge on any atom is 0.0709 e. The minimum Gasteiger partial charge on any atom is -0.248 e. The van der Waals surface area contributed by atoms with Crippen LogP contribution in [0, 0.1) is 11.8 Å². The molecule has 5 aromatic rings. The van der Waals surface area contributed by atoms with Crippen LogP contribution in [0.25, 0.3) is 44.8 Å². The first-order valence-electron chi connectivity index (χ1n) is 17.6. The highest BCUT2D eigenvalue weighted by Gasteiger charge is 2.33. The van der Waals surface area contributed by atoms with E-state index in [-0.39, 0.29) is 11.8 Å². The number of fused-ring (bicyclic) bond motifs is 4. The van der Waals surface area contributed by atoms with Crippen molar-refractivity contribution in [1.29, 1.82) is 0 Å². The highest BCUT2D eigenvalue weighted by atomic mass is 14.7. The van der Waals surface area contributed by atoms with Gasteiger partial charge in [0.1, 0.15) is 0 Å². The molecule has 0 spiro atoms. The fourth-order valence-corrected chi connectivity index (χ4v) is 8.53. The second-order valence-corrected chi connectivity index (χ2v) is 13.5. The standard InChI is InChI=1S/C47H39N/c1-2-31-27-28-43(38-18-6-5-17-37(31)38)47-41-21-9-7-19-39(41)46(40-20-8-10-22-42(40)47)36-16-11-15-34(30-36)44-23-12-24-45(48-44)35-26-25-32-13-3-4-14-33(32)29-35/h3,5-10,12-13,15,17-30,39,41H,2,4,11,14,16H2,1H3. The van der Waals surface area contributed by atoms with Crippen molar-refractivity contribution >= 4 is 33.6 Å². The molecule has 4 aromatic carbocycles. The van der Waals surface area contributed by atoms with Gasteiger partial charge in [0.2, 0.25) is 0 Å². The number of hydrogen-bond donors (Lipinski definition) is 0. The summed E-state index contributed by atoms with van der Waals surface area (Å²) in [7, 11) is 0. The Morgan fingerprint density at radius 1 is 0.688 bits per heavy atom. The number of aromatic nitrogens is 1. The lowest BCUT2D eigenvalue weighted by molar-refractivity contribution is 0.680. The van der Waals surface area contributed by atoms with Crippen molar-refractivity contribution in [1.82, 2.24) is 4.98 Å². The fraction of sp³-hybridized carbons (Fsp3) is 0.170. The number of pyridine rings is 1. The van der Waals surface area contributed by atoms with Gasteiger partial charge < -0.3 is 0 Å². The molecule has 1 aromatic heterocycles. The van der Waals surface area contributed by atoms with Gasteiger partial charge in [-0.15, -0.1) is 0 Å². The van der Waals surface area contributed by atoms with E-state index in [1.807, 2.05) is 0 Å². The average Bonchev–Trinajstić information content (AvgIpc) is 3.16. The van der Waals surface area contributed by atoms with Crippen LogP contribution in [0.1, 0.15) is 54.1 Å². The van der Waals surface area contributed by atoms with Gasteiger partial charge in [0.15, 0.2) is 0 Å². The van der Waals surface area contributed by atoms with Crippen molar-refractivity contribution in [3.8, 4) is 11.3 Å². The van der Waals surface area contributed by atoms with E-state index < -0.39 is 0 Å². The van der Waals surface area contributed by atoms with E-state index in [0.717, 1.165) is 43.5 Å². The third kappa shape index (κ3) is 4.88. The summed E-state index contributed by atoms with van der Waals surface area (Å²) in [6.07, 6.45) is 24.0. The molecule has 0 radical (unpaired) electrons. The molecule has 1 nitrogen and oxygen atoms in total. The number of rotatable bonds is 5. The largest absolute Gasteiger partial charge is 0.248 e. The monoisotopic (exact) mass is 617 g/mol. The number of allylic oxidation sites excluding steroid dienone is 9. The topological polar surface area (TPSA) is 12.9 Å². The van der Waals surface area contributed by atoms with Crippen molar-refractivity contribution in [2.45, 2.75) is 39.0 Å². The maximum atomic E-state index is 5.25. The van der Waals surface area contributed by atoms with Gasteiger partial charge in [-0.2, -0.15) is 0 Å². The summed E-state index contributed by atoms with van der Waals surface area (Å²) in [5, 5.41) is 5.46. The summed E-state index contributed by atoms with van der Waals surface area (Å²) in [5.74, 6) is 0.547. The molecule has 0 fully saturated rings. The van der Waals surface area contributed by atoms with E-state index in [4.69, 9.17) is 4.98 Å². The molecule has 4 aliphatic carbocycles. The molecule has 2 unspecified atom stereocenters. The molecule has 0 bridgehead atoms. The normalized spacial score (nSPS) is 19.4. The smallest absolute Gasteiger partial charge is 0.0709 e. The zero-order valence-electron chi connectivity index (χ0n) is 27.5. The second kappa shape index (κ2) is 12.1. The molecule has 2 atom stereocenters. The molecular weight excluding hydrogens is 579 g/mol. The predicted molar refractivity (Wildman–Crippen MR) is 203 cm³/mol. The summed E-state index contributed by atoms with van der Waals surface area (Å²) < 4.78 is 0. The second-order valence-electron chi connectivity index (χ2n) is 13.5. The van der Waals surface area contributed by atoms with Crippen LogP contribution in [0.15, 0.2) is 145 Å². The number of aryl methyl sites for hydroxylation is 2. The summed E-state index contributed by atoms with van der Waals surface area (Å²) in [5.41, 5.74) is 14.4. The Labute approximate surface area is 283 Å². The molecule has 1 heteroatoms.